The zero-order chi connectivity index (χ0) is 40.7. The van der Waals surface area contributed by atoms with Crippen molar-refractivity contribution in [1.29, 1.82) is 0 Å². The lowest BCUT2D eigenvalue weighted by molar-refractivity contribution is -0.136. The monoisotopic (exact) mass is 774 g/mol. The SMILES string of the molecule is COC(=O)N[C@H](C(=O)N1C[C@@H](C)C[C@H]1c1nc2c(ccc3cc(C#Cc4ccc5nc([C@@H]6C[C@H](C)CN6C(=O)[C@@H](NC(=O)O)C(C)C)[nH]c5c4)ccc32)[nH]1)C(C)C. The maximum Gasteiger partial charge on any atom is 0.407 e. The lowest BCUT2D eigenvalue weighted by atomic mass is 10.0. The van der Waals surface area contributed by atoms with Gasteiger partial charge in [0.05, 0.1) is 41.3 Å². The molecule has 4 amide bonds. The first-order chi connectivity index (χ1) is 27.2. The van der Waals surface area contributed by atoms with Crippen molar-refractivity contribution in [2.24, 2.45) is 23.7 Å². The minimum absolute atomic E-state index is 0.128. The molecule has 0 aliphatic carbocycles. The molecule has 0 bridgehead atoms. The molecule has 14 heteroatoms. The average molecular weight is 775 g/mol. The van der Waals surface area contributed by atoms with Crippen LogP contribution in [-0.4, -0.2) is 91.1 Å². The molecule has 5 aromatic rings. The van der Waals surface area contributed by atoms with Gasteiger partial charge >= 0.3 is 12.2 Å². The van der Waals surface area contributed by atoms with Crippen LogP contribution in [0.4, 0.5) is 9.59 Å². The Kier molecular flexibility index (Phi) is 10.9. The van der Waals surface area contributed by atoms with E-state index in [1.807, 2.05) is 81.1 Å². The van der Waals surface area contributed by atoms with E-state index in [0.29, 0.717) is 24.7 Å². The van der Waals surface area contributed by atoms with Gasteiger partial charge in [0.2, 0.25) is 11.8 Å². The van der Waals surface area contributed by atoms with E-state index in [0.717, 1.165) is 56.8 Å². The fraction of sp³-hybridized carbons (Fsp3) is 0.442. The minimum atomic E-state index is -1.22. The number of aromatic amines is 2. The molecule has 0 spiro atoms. The van der Waals surface area contributed by atoms with Crippen molar-refractivity contribution >= 4 is 56.8 Å². The molecular weight excluding hydrogens is 725 g/mol. The summed E-state index contributed by atoms with van der Waals surface area (Å²) >= 11 is 0. The number of rotatable bonds is 8. The average Bonchev–Trinajstić information content (AvgIpc) is 3.98. The van der Waals surface area contributed by atoms with Crippen molar-refractivity contribution in [1.82, 2.24) is 40.4 Å². The van der Waals surface area contributed by atoms with Crippen LogP contribution in [0.25, 0.3) is 32.8 Å². The Balaban J connectivity index is 1.11. The fourth-order valence-corrected chi connectivity index (χ4v) is 8.27. The molecule has 7 rings (SSSR count). The number of ether oxygens (including phenoxy) is 1. The highest BCUT2D eigenvalue weighted by atomic mass is 16.5. The Hall–Kier alpha value is -6.10. The molecule has 298 valence electrons. The van der Waals surface area contributed by atoms with Crippen LogP contribution in [0, 0.1) is 35.5 Å². The normalized spacial score (nSPS) is 20.6. The van der Waals surface area contributed by atoms with Gasteiger partial charge in [-0.25, -0.2) is 19.6 Å². The standard InChI is InChI=1S/C43H50N8O6/c1-22(2)35(48-42(54)55)40(52)50-20-24(5)16-33(50)38-44-30-14-11-27(19-32(30)46-38)9-8-26-10-13-29-28(18-26)12-15-31-37(29)47-39(45-31)34-17-25(6)21-51(34)41(53)36(23(3)4)49-43(56)57-7/h10-15,18-19,22-25,33-36,48H,16-17,20-21H2,1-7H3,(H,44,46)(H,45,47)(H,49,56)(H,54,55)/t24-,25-,33-,34-,35-,36-/m0/s1. The second kappa shape index (κ2) is 15.8. The Morgan fingerprint density at radius 1 is 0.772 bits per heavy atom. The number of hydrogen-bond donors (Lipinski definition) is 5. The van der Waals surface area contributed by atoms with Crippen molar-refractivity contribution in [3.8, 4) is 11.8 Å². The molecule has 0 saturated carbocycles. The third kappa shape index (κ3) is 7.96. The van der Waals surface area contributed by atoms with E-state index in [1.165, 1.54) is 7.11 Å². The predicted molar refractivity (Wildman–Crippen MR) is 216 cm³/mol. The maximum absolute atomic E-state index is 13.8. The van der Waals surface area contributed by atoms with Crippen molar-refractivity contribution < 1.29 is 29.0 Å². The molecule has 2 fully saturated rings. The first-order valence-corrected chi connectivity index (χ1v) is 19.6. The molecular formula is C43H50N8O6. The quantitative estimate of drug-likeness (QED) is 0.111. The van der Waals surface area contributed by atoms with E-state index in [-0.39, 0.29) is 47.6 Å². The summed E-state index contributed by atoms with van der Waals surface area (Å²) in [7, 11) is 1.29. The van der Waals surface area contributed by atoms with Crippen LogP contribution in [0.15, 0.2) is 48.5 Å². The number of carbonyl (C=O) groups is 4. The van der Waals surface area contributed by atoms with Gasteiger partial charge in [0.1, 0.15) is 23.7 Å². The number of aromatic nitrogens is 4. The summed E-state index contributed by atoms with van der Waals surface area (Å²) in [6.07, 6.45) is -0.385. The summed E-state index contributed by atoms with van der Waals surface area (Å²) in [4.78, 5) is 71.2. The summed E-state index contributed by atoms with van der Waals surface area (Å²) < 4.78 is 4.79. The first kappa shape index (κ1) is 39.1. The number of carboxylic acid groups (broad SMARTS) is 1. The van der Waals surface area contributed by atoms with Gasteiger partial charge < -0.3 is 40.2 Å². The molecule has 0 radical (unpaired) electrons. The number of imidazole rings is 2. The van der Waals surface area contributed by atoms with E-state index < -0.39 is 24.3 Å². The first-order valence-electron chi connectivity index (χ1n) is 19.6. The van der Waals surface area contributed by atoms with Crippen molar-refractivity contribution in [3.05, 3.63) is 71.3 Å². The Labute approximate surface area is 331 Å². The molecule has 2 aliphatic rings. The highest BCUT2D eigenvalue weighted by molar-refractivity contribution is 6.04. The summed E-state index contributed by atoms with van der Waals surface area (Å²) in [6.45, 7) is 12.8. The number of nitrogens with one attached hydrogen (secondary N) is 4. The van der Waals surface area contributed by atoms with Gasteiger partial charge in [-0.1, -0.05) is 65.5 Å². The Morgan fingerprint density at radius 2 is 1.33 bits per heavy atom. The third-order valence-corrected chi connectivity index (χ3v) is 11.2. The number of hydrogen-bond acceptors (Lipinski definition) is 7. The smallest absolute Gasteiger partial charge is 0.407 e. The van der Waals surface area contributed by atoms with Gasteiger partial charge in [-0.15, -0.1) is 0 Å². The summed E-state index contributed by atoms with van der Waals surface area (Å²) in [5.74, 6) is 7.74. The van der Waals surface area contributed by atoms with E-state index in [4.69, 9.17) is 14.7 Å². The molecule has 57 heavy (non-hydrogen) atoms. The number of likely N-dealkylation sites (tertiary alicyclic amines) is 2. The topological polar surface area (TPSA) is 186 Å². The summed E-state index contributed by atoms with van der Waals surface area (Å²) in [5, 5.41) is 16.4. The van der Waals surface area contributed by atoms with Crippen LogP contribution in [0.2, 0.25) is 0 Å². The van der Waals surface area contributed by atoms with Gasteiger partial charge in [0, 0.05) is 29.6 Å². The predicted octanol–water partition coefficient (Wildman–Crippen LogP) is 6.48. The highest BCUT2D eigenvalue weighted by Gasteiger charge is 2.41. The van der Waals surface area contributed by atoms with Crippen LogP contribution in [0.5, 0.6) is 0 Å². The fourth-order valence-electron chi connectivity index (χ4n) is 8.27. The van der Waals surface area contributed by atoms with E-state index in [9.17, 15) is 24.3 Å². The van der Waals surface area contributed by atoms with Gasteiger partial charge in [-0.2, -0.15) is 0 Å². The van der Waals surface area contributed by atoms with Gasteiger partial charge in [-0.3, -0.25) is 9.59 Å². The van der Waals surface area contributed by atoms with Crippen LogP contribution >= 0.6 is 0 Å². The second-order valence-corrected chi connectivity index (χ2v) is 16.3. The lowest BCUT2D eigenvalue weighted by Crippen LogP contribution is -2.51. The van der Waals surface area contributed by atoms with Crippen LogP contribution in [-0.2, 0) is 14.3 Å². The number of methoxy groups -OCH3 is 1. The second-order valence-electron chi connectivity index (χ2n) is 16.3. The van der Waals surface area contributed by atoms with Gasteiger partial charge in [0.25, 0.3) is 0 Å². The third-order valence-electron chi connectivity index (χ3n) is 11.2. The van der Waals surface area contributed by atoms with E-state index in [1.54, 1.807) is 4.90 Å². The number of alkyl carbamates (subject to hydrolysis) is 1. The lowest BCUT2D eigenvalue weighted by Gasteiger charge is -2.30. The number of nitrogens with zero attached hydrogens (tertiary/aromatic N) is 4. The number of benzene rings is 3. The number of carbonyl (C=O) groups excluding carboxylic acids is 3. The van der Waals surface area contributed by atoms with Crippen LogP contribution < -0.4 is 10.6 Å². The molecule has 2 aromatic heterocycles. The van der Waals surface area contributed by atoms with Gasteiger partial charge in [-0.05, 0) is 78.3 Å². The van der Waals surface area contributed by atoms with Crippen LogP contribution in [0.1, 0.15) is 89.2 Å². The number of fused-ring (bicyclic) bond motifs is 4. The molecule has 2 saturated heterocycles. The maximum atomic E-state index is 13.8. The largest absolute Gasteiger partial charge is 0.465 e. The zero-order valence-corrected chi connectivity index (χ0v) is 33.3. The van der Waals surface area contributed by atoms with Crippen molar-refractivity contribution in [3.63, 3.8) is 0 Å². The Bertz CT molecular complexity index is 2420. The highest BCUT2D eigenvalue weighted by Crippen LogP contribution is 2.38. The molecule has 4 heterocycles. The van der Waals surface area contributed by atoms with E-state index in [2.05, 4.69) is 46.3 Å². The van der Waals surface area contributed by atoms with Gasteiger partial charge in [0.15, 0.2) is 0 Å². The molecule has 6 atom stereocenters. The molecule has 14 nitrogen and oxygen atoms in total. The number of amides is 4. The summed E-state index contributed by atoms with van der Waals surface area (Å²) in [6, 6.07) is 13.8. The molecule has 3 aromatic carbocycles. The van der Waals surface area contributed by atoms with E-state index >= 15 is 0 Å². The number of H-pyrrole nitrogens is 2. The molecule has 2 aliphatic heterocycles. The summed E-state index contributed by atoms with van der Waals surface area (Å²) in [5.41, 5.74) is 4.90. The molecule has 5 N–H and O–H groups in total. The van der Waals surface area contributed by atoms with Crippen molar-refractivity contribution in [2.45, 2.75) is 78.6 Å². The molecule has 0 unspecified atom stereocenters. The minimum Gasteiger partial charge on any atom is -0.465 e. The Morgan fingerprint density at radius 3 is 1.93 bits per heavy atom. The zero-order valence-electron chi connectivity index (χ0n) is 33.3. The van der Waals surface area contributed by atoms with Crippen LogP contribution in [0.3, 0.4) is 0 Å². The van der Waals surface area contributed by atoms with Crippen molar-refractivity contribution in [2.75, 3.05) is 20.2 Å².